The van der Waals surface area contributed by atoms with E-state index in [1.165, 1.54) is 12.1 Å². The van der Waals surface area contributed by atoms with Gasteiger partial charge in [0.15, 0.2) is 0 Å². The minimum Gasteiger partial charge on any atom is -0.371 e. The van der Waals surface area contributed by atoms with Crippen LogP contribution in [0.25, 0.3) is 0 Å². The molecule has 0 fully saturated rings. The van der Waals surface area contributed by atoms with Gasteiger partial charge in [0, 0.05) is 26.2 Å². The van der Waals surface area contributed by atoms with Crippen molar-refractivity contribution >= 4 is 5.69 Å². The largest absolute Gasteiger partial charge is 0.371 e. The minimum atomic E-state index is -0.545. The third-order valence-corrected chi connectivity index (χ3v) is 2.19. The van der Waals surface area contributed by atoms with Gasteiger partial charge in [-0.05, 0) is 18.7 Å². The topological polar surface area (TPSA) is 15.3 Å². The maximum atomic E-state index is 13.3. The van der Waals surface area contributed by atoms with Crippen molar-refractivity contribution in [2.75, 3.05) is 31.6 Å². The number of hydrogen-bond donors (Lipinski definition) is 1. The maximum Gasteiger partial charge on any atom is 0.149 e. The Kier molecular flexibility index (Phi) is 4.49. The van der Waals surface area contributed by atoms with Gasteiger partial charge in [-0.2, -0.15) is 0 Å². The summed E-state index contributed by atoms with van der Waals surface area (Å²) in [6, 6.07) is 3.62. The van der Waals surface area contributed by atoms with Gasteiger partial charge in [0.2, 0.25) is 0 Å². The van der Waals surface area contributed by atoms with Crippen LogP contribution in [0.2, 0.25) is 0 Å². The average Bonchev–Trinajstić information content (AvgIpc) is 2.17. The van der Waals surface area contributed by atoms with Crippen LogP contribution in [-0.2, 0) is 0 Å². The number of anilines is 1. The number of hydrogen-bond acceptors (Lipinski definition) is 2. The number of likely N-dealkylation sites (N-methyl/N-ethyl adjacent to an activating group) is 2. The summed E-state index contributed by atoms with van der Waals surface area (Å²) in [5.74, 6) is -1.06. The summed E-state index contributed by atoms with van der Waals surface area (Å²) in [6.45, 7) is 4.37. The lowest BCUT2D eigenvalue weighted by Gasteiger charge is -2.19. The highest BCUT2D eigenvalue weighted by molar-refractivity contribution is 5.46. The lowest BCUT2D eigenvalue weighted by Crippen LogP contribution is -2.29. The first-order valence-electron chi connectivity index (χ1n) is 5.02. The summed E-state index contributed by atoms with van der Waals surface area (Å²) in [5, 5.41) is 3.14. The SMILES string of the molecule is CCNCCN(C)c1ccc(F)cc1F. The normalized spacial score (nSPS) is 10.4. The van der Waals surface area contributed by atoms with Crippen molar-refractivity contribution in [1.29, 1.82) is 0 Å². The molecule has 0 saturated heterocycles. The van der Waals surface area contributed by atoms with Crippen molar-refractivity contribution in [3.63, 3.8) is 0 Å². The zero-order chi connectivity index (χ0) is 11.3. The third-order valence-electron chi connectivity index (χ3n) is 2.19. The highest BCUT2D eigenvalue weighted by atomic mass is 19.1. The number of rotatable bonds is 5. The molecular formula is C11H16F2N2. The molecule has 1 aromatic carbocycles. The molecule has 0 spiro atoms. The second-order valence-electron chi connectivity index (χ2n) is 3.37. The zero-order valence-electron chi connectivity index (χ0n) is 9.06. The van der Waals surface area contributed by atoms with Crippen LogP contribution >= 0.6 is 0 Å². The molecule has 0 atom stereocenters. The van der Waals surface area contributed by atoms with Crippen LogP contribution in [0.3, 0.4) is 0 Å². The fraction of sp³-hybridized carbons (Fsp3) is 0.455. The van der Waals surface area contributed by atoms with Gasteiger partial charge in [0.05, 0.1) is 5.69 Å². The van der Waals surface area contributed by atoms with Crippen LogP contribution in [0.1, 0.15) is 6.92 Å². The highest BCUT2D eigenvalue weighted by Crippen LogP contribution is 2.18. The number of nitrogens with zero attached hydrogens (tertiary/aromatic N) is 1. The van der Waals surface area contributed by atoms with Crippen LogP contribution in [0.5, 0.6) is 0 Å². The molecule has 0 heterocycles. The van der Waals surface area contributed by atoms with Gasteiger partial charge in [0.25, 0.3) is 0 Å². The van der Waals surface area contributed by atoms with E-state index in [1.807, 2.05) is 6.92 Å². The molecule has 1 N–H and O–H groups in total. The summed E-state index contributed by atoms with van der Waals surface area (Å²) in [4.78, 5) is 1.76. The molecule has 0 saturated carbocycles. The lowest BCUT2D eigenvalue weighted by atomic mass is 10.2. The summed E-state index contributed by atoms with van der Waals surface area (Å²) in [6.07, 6.45) is 0. The predicted octanol–water partition coefficient (Wildman–Crippen LogP) is 2.01. The number of halogens is 2. The van der Waals surface area contributed by atoms with E-state index in [-0.39, 0.29) is 0 Å². The Morgan fingerprint density at radius 1 is 1.33 bits per heavy atom. The summed E-state index contributed by atoms with van der Waals surface area (Å²) in [7, 11) is 1.79. The van der Waals surface area contributed by atoms with Crippen LogP contribution in [0.4, 0.5) is 14.5 Å². The Morgan fingerprint density at radius 3 is 2.67 bits per heavy atom. The van der Waals surface area contributed by atoms with E-state index in [0.717, 1.165) is 19.2 Å². The summed E-state index contributed by atoms with van der Waals surface area (Å²) in [5.41, 5.74) is 0.425. The van der Waals surface area contributed by atoms with E-state index in [0.29, 0.717) is 12.2 Å². The van der Waals surface area contributed by atoms with E-state index >= 15 is 0 Å². The van der Waals surface area contributed by atoms with Gasteiger partial charge in [0.1, 0.15) is 11.6 Å². The van der Waals surface area contributed by atoms with Gasteiger partial charge in [-0.1, -0.05) is 6.92 Å². The number of nitrogens with one attached hydrogen (secondary N) is 1. The molecule has 0 bridgehead atoms. The van der Waals surface area contributed by atoms with Crippen molar-refractivity contribution in [3.05, 3.63) is 29.8 Å². The lowest BCUT2D eigenvalue weighted by molar-refractivity contribution is 0.579. The van der Waals surface area contributed by atoms with Gasteiger partial charge >= 0.3 is 0 Å². The fourth-order valence-corrected chi connectivity index (χ4v) is 1.33. The van der Waals surface area contributed by atoms with Crippen molar-refractivity contribution in [3.8, 4) is 0 Å². The van der Waals surface area contributed by atoms with Crippen LogP contribution in [0.15, 0.2) is 18.2 Å². The molecule has 4 heteroatoms. The third kappa shape index (κ3) is 3.47. The molecule has 15 heavy (non-hydrogen) atoms. The highest BCUT2D eigenvalue weighted by Gasteiger charge is 2.07. The monoisotopic (exact) mass is 214 g/mol. The summed E-state index contributed by atoms with van der Waals surface area (Å²) < 4.78 is 26.0. The van der Waals surface area contributed by atoms with Gasteiger partial charge in [-0.3, -0.25) is 0 Å². The van der Waals surface area contributed by atoms with Gasteiger partial charge in [-0.25, -0.2) is 8.78 Å². The standard InChI is InChI=1S/C11H16F2N2/c1-3-14-6-7-15(2)11-5-4-9(12)8-10(11)13/h4-5,8,14H,3,6-7H2,1-2H3. The molecule has 0 aromatic heterocycles. The minimum absolute atomic E-state index is 0.425. The number of benzene rings is 1. The smallest absolute Gasteiger partial charge is 0.149 e. The molecule has 0 aliphatic rings. The first kappa shape index (κ1) is 11.9. The quantitative estimate of drug-likeness (QED) is 0.754. The second-order valence-corrected chi connectivity index (χ2v) is 3.37. The molecule has 0 radical (unpaired) electrons. The van der Waals surface area contributed by atoms with Gasteiger partial charge in [-0.15, -0.1) is 0 Å². The molecule has 0 amide bonds. The van der Waals surface area contributed by atoms with Crippen molar-refractivity contribution in [2.45, 2.75) is 6.92 Å². The van der Waals surface area contributed by atoms with E-state index in [1.54, 1.807) is 11.9 Å². The first-order chi connectivity index (χ1) is 7.15. The Morgan fingerprint density at radius 2 is 2.07 bits per heavy atom. The van der Waals surface area contributed by atoms with Crippen LogP contribution in [-0.4, -0.2) is 26.7 Å². The molecular weight excluding hydrogens is 198 g/mol. The molecule has 0 aliphatic heterocycles. The molecule has 0 aliphatic carbocycles. The van der Waals surface area contributed by atoms with Crippen molar-refractivity contribution in [2.24, 2.45) is 0 Å². The Bertz CT molecular complexity index is 315. The van der Waals surface area contributed by atoms with Crippen LogP contribution < -0.4 is 10.2 Å². The predicted molar refractivity (Wildman–Crippen MR) is 58.2 cm³/mol. The van der Waals surface area contributed by atoms with Gasteiger partial charge < -0.3 is 10.2 Å². The Balaban J connectivity index is 2.61. The summed E-state index contributed by atoms with van der Waals surface area (Å²) >= 11 is 0. The second kappa shape index (κ2) is 5.66. The Labute approximate surface area is 88.9 Å². The van der Waals surface area contributed by atoms with E-state index < -0.39 is 11.6 Å². The fourth-order valence-electron chi connectivity index (χ4n) is 1.33. The van der Waals surface area contributed by atoms with Crippen molar-refractivity contribution < 1.29 is 8.78 Å². The molecule has 1 aromatic rings. The molecule has 0 unspecified atom stereocenters. The van der Waals surface area contributed by atoms with Crippen molar-refractivity contribution in [1.82, 2.24) is 5.32 Å². The van der Waals surface area contributed by atoms with E-state index in [2.05, 4.69) is 5.32 Å². The molecule has 2 nitrogen and oxygen atoms in total. The van der Waals surface area contributed by atoms with Crippen LogP contribution in [0, 0.1) is 11.6 Å². The van der Waals surface area contributed by atoms with E-state index in [9.17, 15) is 8.78 Å². The van der Waals surface area contributed by atoms with E-state index in [4.69, 9.17) is 0 Å². The zero-order valence-corrected chi connectivity index (χ0v) is 9.06. The molecule has 1 rings (SSSR count). The Hall–Kier alpha value is -1.16. The maximum absolute atomic E-state index is 13.3. The average molecular weight is 214 g/mol. The first-order valence-corrected chi connectivity index (χ1v) is 5.02. The molecule has 84 valence electrons.